The molecule has 0 aliphatic rings. The molecule has 0 bridgehead atoms. The lowest BCUT2D eigenvalue weighted by molar-refractivity contribution is -0.387. The molecule has 6 heteroatoms. The van der Waals surface area contributed by atoms with Crippen molar-refractivity contribution < 1.29 is 9.31 Å². The predicted molar refractivity (Wildman–Crippen MR) is 72.3 cm³/mol. The zero-order chi connectivity index (χ0) is 13.4. The topological polar surface area (TPSA) is 55.2 Å². The number of hydrogen-bond donors (Lipinski definition) is 1. The third-order valence-corrected chi connectivity index (χ3v) is 3.19. The summed E-state index contributed by atoms with van der Waals surface area (Å²) in [6.45, 7) is 4.63. The van der Waals surface area contributed by atoms with Gasteiger partial charge in [0.1, 0.15) is 0 Å². The number of rotatable bonds is 8. The van der Waals surface area contributed by atoms with Gasteiger partial charge in [0.05, 0.1) is 4.92 Å². The second-order valence-corrected chi connectivity index (χ2v) is 4.70. The zero-order valence-electron chi connectivity index (χ0n) is 9.89. The lowest BCUT2D eigenvalue weighted by Crippen LogP contribution is -2.17. The Bertz CT molecular complexity index is 427. The molecule has 0 spiro atoms. The number of halogens is 1. The summed E-state index contributed by atoms with van der Waals surface area (Å²) in [6.07, 6.45) is 1.82. The summed E-state index contributed by atoms with van der Waals surface area (Å²) < 4.78 is 13.7. The van der Waals surface area contributed by atoms with E-state index in [1.807, 2.05) is 6.08 Å². The molecule has 4 nitrogen and oxygen atoms in total. The minimum atomic E-state index is -0.756. The molecule has 0 fully saturated rings. The molecule has 0 aliphatic heterocycles. The highest BCUT2D eigenvalue weighted by Gasteiger charge is 2.16. The maximum absolute atomic E-state index is 13.7. The van der Waals surface area contributed by atoms with Crippen molar-refractivity contribution in [1.29, 1.82) is 0 Å². The Morgan fingerprint density at radius 3 is 3.00 bits per heavy atom. The average Bonchev–Trinajstić information content (AvgIpc) is 2.35. The third-order valence-electron chi connectivity index (χ3n) is 2.23. The van der Waals surface area contributed by atoms with Gasteiger partial charge >= 0.3 is 5.69 Å². The van der Waals surface area contributed by atoms with Crippen molar-refractivity contribution in [3.8, 4) is 0 Å². The van der Waals surface area contributed by atoms with Crippen LogP contribution in [0, 0.1) is 15.9 Å². The zero-order valence-corrected chi connectivity index (χ0v) is 10.7. The lowest BCUT2D eigenvalue weighted by atomic mass is 10.2. The highest BCUT2D eigenvalue weighted by Crippen LogP contribution is 2.19. The van der Waals surface area contributed by atoms with Crippen molar-refractivity contribution in [3.63, 3.8) is 0 Å². The molecule has 0 aromatic heterocycles. The van der Waals surface area contributed by atoms with Crippen LogP contribution in [0.15, 0.2) is 30.9 Å². The second kappa shape index (κ2) is 7.84. The van der Waals surface area contributed by atoms with Crippen LogP contribution in [0.4, 0.5) is 10.1 Å². The van der Waals surface area contributed by atoms with Gasteiger partial charge in [-0.15, -0.1) is 6.58 Å². The van der Waals surface area contributed by atoms with Gasteiger partial charge in [0.2, 0.25) is 5.82 Å². The largest absolute Gasteiger partial charge is 0.312 e. The molecule has 0 saturated carbocycles. The molecule has 0 amide bonds. The van der Waals surface area contributed by atoms with E-state index in [1.165, 1.54) is 12.1 Å². The standard InChI is InChI=1S/C12H15FN2O2S/c1-2-7-18-8-6-14-9-10-4-3-5-11(12(10)13)15(16)17/h2-5,14H,1,6-9H2. The van der Waals surface area contributed by atoms with Crippen LogP contribution in [0.1, 0.15) is 5.56 Å². The molecule has 0 unspecified atom stereocenters. The highest BCUT2D eigenvalue weighted by atomic mass is 32.2. The Kier molecular flexibility index (Phi) is 6.38. The van der Waals surface area contributed by atoms with Gasteiger partial charge < -0.3 is 5.32 Å². The number of hydrogen-bond acceptors (Lipinski definition) is 4. The van der Waals surface area contributed by atoms with Gasteiger partial charge in [0.25, 0.3) is 0 Å². The van der Waals surface area contributed by atoms with Crippen molar-refractivity contribution in [3.05, 3.63) is 52.3 Å². The molecular formula is C12H15FN2O2S. The third kappa shape index (κ3) is 4.46. The molecule has 0 heterocycles. The van der Waals surface area contributed by atoms with Crippen molar-refractivity contribution in [2.45, 2.75) is 6.54 Å². The fourth-order valence-corrected chi connectivity index (χ4v) is 2.00. The van der Waals surface area contributed by atoms with E-state index >= 15 is 0 Å². The minimum Gasteiger partial charge on any atom is -0.312 e. The summed E-state index contributed by atoms with van der Waals surface area (Å²) in [4.78, 5) is 9.85. The molecule has 0 aliphatic carbocycles. The first kappa shape index (κ1) is 14.7. The first-order valence-corrected chi connectivity index (χ1v) is 6.63. The van der Waals surface area contributed by atoms with E-state index in [0.29, 0.717) is 12.1 Å². The molecule has 18 heavy (non-hydrogen) atoms. The van der Waals surface area contributed by atoms with Crippen LogP contribution in [-0.2, 0) is 6.54 Å². The van der Waals surface area contributed by atoms with Crippen LogP contribution in [0.2, 0.25) is 0 Å². The smallest absolute Gasteiger partial charge is 0.305 e. The normalized spacial score (nSPS) is 10.3. The summed E-state index contributed by atoms with van der Waals surface area (Å²) in [5.41, 5.74) is -0.159. The summed E-state index contributed by atoms with van der Waals surface area (Å²) in [5.74, 6) is 1.02. The average molecular weight is 270 g/mol. The fourth-order valence-electron chi connectivity index (χ4n) is 1.38. The van der Waals surface area contributed by atoms with Crippen LogP contribution in [0.3, 0.4) is 0 Å². The first-order valence-electron chi connectivity index (χ1n) is 5.48. The highest BCUT2D eigenvalue weighted by molar-refractivity contribution is 7.99. The van der Waals surface area contributed by atoms with Crippen LogP contribution in [0.5, 0.6) is 0 Å². The van der Waals surface area contributed by atoms with Crippen molar-refractivity contribution in [1.82, 2.24) is 5.32 Å². The minimum absolute atomic E-state index is 0.294. The Hall–Kier alpha value is -1.40. The van der Waals surface area contributed by atoms with E-state index in [1.54, 1.807) is 17.8 Å². The summed E-state index contributed by atoms with van der Waals surface area (Å²) in [5, 5.41) is 13.6. The fraction of sp³-hybridized carbons (Fsp3) is 0.333. The molecule has 1 rings (SSSR count). The Morgan fingerprint density at radius 1 is 1.56 bits per heavy atom. The van der Waals surface area contributed by atoms with Crippen LogP contribution in [0.25, 0.3) is 0 Å². The maximum atomic E-state index is 13.7. The number of nitro benzene ring substituents is 1. The molecule has 1 aromatic carbocycles. The SMILES string of the molecule is C=CCSCCNCc1cccc([N+](=O)[O-])c1F. The van der Waals surface area contributed by atoms with E-state index in [2.05, 4.69) is 11.9 Å². The number of nitro groups is 1. The van der Waals surface area contributed by atoms with Gasteiger partial charge in [-0.05, 0) is 0 Å². The van der Waals surface area contributed by atoms with Crippen LogP contribution in [-0.4, -0.2) is 23.0 Å². The molecule has 1 N–H and O–H groups in total. The summed E-state index contributed by atoms with van der Waals surface area (Å²) in [6, 6.07) is 4.20. The van der Waals surface area contributed by atoms with Crippen LogP contribution >= 0.6 is 11.8 Å². The van der Waals surface area contributed by atoms with Gasteiger partial charge in [-0.1, -0.05) is 18.2 Å². The Morgan fingerprint density at radius 2 is 2.33 bits per heavy atom. The number of nitrogens with one attached hydrogen (secondary N) is 1. The Balaban J connectivity index is 2.45. The van der Waals surface area contributed by atoms with E-state index in [-0.39, 0.29) is 0 Å². The van der Waals surface area contributed by atoms with E-state index in [4.69, 9.17) is 0 Å². The number of nitrogens with zero attached hydrogens (tertiary/aromatic N) is 1. The van der Waals surface area contributed by atoms with Crippen molar-refractivity contribution in [2.24, 2.45) is 0 Å². The van der Waals surface area contributed by atoms with E-state index in [0.717, 1.165) is 18.1 Å². The maximum Gasteiger partial charge on any atom is 0.305 e. The van der Waals surface area contributed by atoms with Gasteiger partial charge in [-0.25, -0.2) is 0 Å². The van der Waals surface area contributed by atoms with E-state index in [9.17, 15) is 14.5 Å². The lowest BCUT2D eigenvalue weighted by Gasteiger charge is -2.05. The molecule has 0 atom stereocenters. The summed E-state index contributed by atoms with van der Waals surface area (Å²) >= 11 is 1.72. The van der Waals surface area contributed by atoms with Gasteiger partial charge in [0, 0.05) is 36.2 Å². The monoisotopic (exact) mass is 270 g/mol. The second-order valence-electron chi connectivity index (χ2n) is 3.55. The molecular weight excluding hydrogens is 255 g/mol. The Labute approximate surface area is 109 Å². The van der Waals surface area contributed by atoms with Crippen molar-refractivity contribution in [2.75, 3.05) is 18.1 Å². The quantitative estimate of drug-likeness (QED) is 0.341. The molecule has 98 valence electrons. The predicted octanol–water partition coefficient (Wildman–Crippen LogP) is 2.74. The molecule has 0 saturated heterocycles. The van der Waals surface area contributed by atoms with Crippen LogP contribution < -0.4 is 5.32 Å². The molecule has 1 aromatic rings. The molecule has 0 radical (unpaired) electrons. The summed E-state index contributed by atoms with van der Waals surface area (Å²) in [7, 11) is 0. The van der Waals surface area contributed by atoms with Crippen molar-refractivity contribution >= 4 is 17.4 Å². The van der Waals surface area contributed by atoms with E-state index < -0.39 is 16.4 Å². The number of thioether (sulfide) groups is 1. The van der Waals surface area contributed by atoms with Gasteiger partial charge in [0.15, 0.2) is 0 Å². The van der Waals surface area contributed by atoms with Gasteiger partial charge in [-0.3, -0.25) is 10.1 Å². The first-order chi connectivity index (χ1) is 8.66. The van der Waals surface area contributed by atoms with Gasteiger partial charge in [-0.2, -0.15) is 16.2 Å². The number of benzene rings is 1.